The molecule has 0 atom stereocenters. The van der Waals surface area contributed by atoms with Crippen molar-refractivity contribution in [1.29, 1.82) is 0 Å². The van der Waals surface area contributed by atoms with Crippen molar-refractivity contribution in [2.75, 3.05) is 18.5 Å². The van der Waals surface area contributed by atoms with Gasteiger partial charge in [-0.05, 0) is 30.9 Å². The zero-order valence-corrected chi connectivity index (χ0v) is 14.7. The van der Waals surface area contributed by atoms with Crippen LogP contribution < -0.4 is 10.2 Å². The molecule has 1 aliphatic heterocycles. The summed E-state index contributed by atoms with van der Waals surface area (Å²) in [5.74, 6) is 2.21. The molecular formula is C19H26N4O. The molecule has 0 bridgehead atoms. The van der Waals surface area contributed by atoms with Gasteiger partial charge in [0, 0.05) is 31.3 Å². The van der Waals surface area contributed by atoms with E-state index in [1.807, 2.05) is 7.05 Å². The van der Waals surface area contributed by atoms with Gasteiger partial charge in [-0.3, -0.25) is 4.99 Å². The second kappa shape index (κ2) is 7.51. The fourth-order valence-corrected chi connectivity index (χ4v) is 3.33. The fourth-order valence-electron chi connectivity index (χ4n) is 3.33. The number of nitrogens with zero attached hydrogens (tertiary/aromatic N) is 3. The van der Waals surface area contributed by atoms with Crippen LogP contribution in [0.3, 0.4) is 0 Å². The topological polar surface area (TPSA) is 53.7 Å². The van der Waals surface area contributed by atoms with E-state index in [2.05, 4.69) is 64.5 Å². The number of anilines is 1. The van der Waals surface area contributed by atoms with Crippen molar-refractivity contribution in [3.05, 3.63) is 47.3 Å². The molecule has 2 heterocycles. The second-order valence-corrected chi connectivity index (χ2v) is 6.16. The normalized spacial score (nSPS) is 14.3. The molecule has 0 amide bonds. The number of para-hydroxylation sites is 1. The average molecular weight is 326 g/mol. The van der Waals surface area contributed by atoms with Gasteiger partial charge < -0.3 is 14.7 Å². The number of aromatic nitrogens is 1. The molecule has 0 unspecified atom stereocenters. The number of nitrogens with one attached hydrogen (secondary N) is 1. The molecular weight excluding hydrogens is 300 g/mol. The van der Waals surface area contributed by atoms with Gasteiger partial charge in [0.15, 0.2) is 11.7 Å². The van der Waals surface area contributed by atoms with Gasteiger partial charge in [-0.15, -0.1) is 0 Å². The highest BCUT2D eigenvalue weighted by atomic mass is 16.5. The molecule has 1 aromatic heterocycles. The van der Waals surface area contributed by atoms with Crippen LogP contribution in [-0.4, -0.2) is 24.7 Å². The SMILES string of the molecule is CCC(CC)c1cc(CNC(=NC)N2CCc3ccccc32)on1. The predicted octanol–water partition coefficient (Wildman–Crippen LogP) is 3.72. The van der Waals surface area contributed by atoms with Crippen LogP contribution >= 0.6 is 0 Å². The van der Waals surface area contributed by atoms with E-state index in [1.165, 1.54) is 11.3 Å². The van der Waals surface area contributed by atoms with Crippen molar-refractivity contribution >= 4 is 11.6 Å². The molecule has 0 saturated heterocycles. The van der Waals surface area contributed by atoms with Gasteiger partial charge in [-0.2, -0.15) is 0 Å². The van der Waals surface area contributed by atoms with E-state index in [-0.39, 0.29) is 0 Å². The lowest BCUT2D eigenvalue weighted by atomic mass is 9.99. The zero-order chi connectivity index (χ0) is 16.9. The lowest BCUT2D eigenvalue weighted by Crippen LogP contribution is -2.40. The number of benzene rings is 1. The third-order valence-corrected chi connectivity index (χ3v) is 4.76. The van der Waals surface area contributed by atoms with E-state index in [4.69, 9.17) is 4.52 Å². The molecule has 1 N–H and O–H groups in total. The Morgan fingerprint density at radius 3 is 2.88 bits per heavy atom. The summed E-state index contributed by atoms with van der Waals surface area (Å²) in [6, 6.07) is 10.6. The van der Waals surface area contributed by atoms with Crippen molar-refractivity contribution in [3.63, 3.8) is 0 Å². The maximum Gasteiger partial charge on any atom is 0.198 e. The van der Waals surface area contributed by atoms with E-state index in [0.29, 0.717) is 12.5 Å². The van der Waals surface area contributed by atoms with Crippen LogP contribution in [0.5, 0.6) is 0 Å². The standard InChI is InChI=1S/C19H26N4O/c1-4-14(5-2)17-12-16(24-22-17)13-21-19(20-3)23-11-10-15-8-6-7-9-18(15)23/h6-9,12,14H,4-5,10-11,13H2,1-3H3,(H,20,21). The molecule has 5 heteroatoms. The molecule has 0 aliphatic carbocycles. The minimum absolute atomic E-state index is 0.479. The highest BCUT2D eigenvalue weighted by molar-refractivity contribution is 5.97. The van der Waals surface area contributed by atoms with Crippen molar-refractivity contribution in [2.24, 2.45) is 4.99 Å². The number of hydrogen-bond acceptors (Lipinski definition) is 3. The van der Waals surface area contributed by atoms with E-state index < -0.39 is 0 Å². The minimum Gasteiger partial charge on any atom is -0.359 e. The van der Waals surface area contributed by atoms with E-state index in [9.17, 15) is 0 Å². The highest BCUT2D eigenvalue weighted by Crippen LogP contribution is 2.27. The second-order valence-electron chi connectivity index (χ2n) is 6.16. The molecule has 128 valence electrons. The fraction of sp³-hybridized carbons (Fsp3) is 0.474. The van der Waals surface area contributed by atoms with Crippen LogP contribution in [-0.2, 0) is 13.0 Å². The lowest BCUT2D eigenvalue weighted by Gasteiger charge is -2.21. The number of guanidine groups is 1. The van der Waals surface area contributed by atoms with Crippen LogP contribution in [0.4, 0.5) is 5.69 Å². The van der Waals surface area contributed by atoms with Crippen molar-refractivity contribution in [1.82, 2.24) is 10.5 Å². The third kappa shape index (κ3) is 3.30. The van der Waals surface area contributed by atoms with Crippen LogP contribution in [0.15, 0.2) is 39.8 Å². The summed E-state index contributed by atoms with van der Waals surface area (Å²) in [5, 5.41) is 7.63. The Balaban J connectivity index is 1.66. The van der Waals surface area contributed by atoms with Gasteiger partial charge in [0.2, 0.25) is 0 Å². The Hall–Kier alpha value is -2.30. The summed E-state index contributed by atoms with van der Waals surface area (Å²) < 4.78 is 5.49. The van der Waals surface area contributed by atoms with Crippen molar-refractivity contribution in [2.45, 2.75) is 45.6 Å². The first-order valence-corrected chi connectivity index (χ1v) is 8.78. The Morgan fingerprint density at radius 1 is 1.33 bits per heavy atom. The summed E-state index contributed by atoms with van der Waals surface area (Å²) >= 11 is 0. The number of aliphatic imine (C=N–C) groups is 1. The Morgan fingerprint density at radius 2 is 2.12 bits per heavy atom. The van der Waals surface area contributed by atoms with E-state index >= 15 is 0 Å². The molecule has 3 rings (SSSR count). The van der Waals surface area contributed by atoms with Crippen LogP contribution in [0, 0.1) is 0 Å². The Labute approximate surface area is 143 Å². The van der Waals surface area contributed by atoms with E-state index in [1.54, 1.807) is 0 Å². The monoisotopic (exact) mass is 326 g/mol. The molecule has 0 saturated carbocycles. The molecule has 24 heavy (non-hydrogen) atoms. The largest absolute Gasteiger partial charge is 0.359 e. The summed E-state index contributed by atoms with van der Waals surface area (Å²) in [6.45, 7) is 5.92. The molecule has 0 radical (unpaired) electrons. The zero-order valence-electron chi connectivity index (χ0n) is 14.7. The minimum atomic E-state index is 0.479. The van der Waals surface area contributed by atoms with Crippen LogP contribution in [0.25, 0.3) is 0 Å². The molecule has 1 aromatic carbocycles. The third-order valence-electron chi connectivity index (χ3n) is 4.76. The quantitative estimate of drug-likeness (QED) is 0.672. The van der Waals surface area contributed by atoms with Crippen LogP contribution in [0.2, 0.25) is 0 Å². The first-order chi connectivity index (χ1) is 11.8. The first-order valence-electron chi connectivity index (χ1n) is 8.78. The molecule has 2 aromatic rings. The number of hydrogen-bond donors (Lipinski definition) is 1. The maximum atomic E-state index is 5.49. The first kappa shape index (κ1) is 16.6. The molecule has 0 fully saturated rings. The maximum absolute atomic E-state index is 5.49. The lowest BCUT2D eigenvalue weighted by molar-refractivity contribution is 0.368. The van der Waals surface area contributed by atoms with E-state index in [0.717, 1.165) is 43.2 Å². The Kier molecular flexibility index (Phi) is 5.18. The summed E-state index contributed by atoms with van der Waals surface area (Å²) in [4.78, 5) is 6.66. The Bertz CT molecular complexity index is 703. The summed E-state index contributed by atoms with van der Waals surface area (Å²) in [7, 11) is 1.82. The molecule has 5 nitrogen and oxygen atoms in total. The van der Waals surface area contributed by atoms with Gasteiger partial charge in [-0.1, -0.05) is 37.2 Å². The molecule has 0 spiro atoms. The van der Waals surface area contributed by atoms with Gasteiger partial charge in [0.05, 0.1) is 12.2 Å². The van der Waals surface area contributed by atoms with Crippen molar-refractivity contribution in [3.8, 4) is 0 Å². The number of fused-ring (bicyclic) bond motifs is 1. The van der Waals surface area contributed by atoms with Gasteiger partial charge >= 0.3 is 0 Å². The van der Waals surface area contributed by atoms with Gasteiger partial charge in [0.25, 0.3) is 0 Å². The van der Waals surface area contributed by atoms with Gasteiger partial charge in [-0.25, -0.2) is 0 Å². The van der Waals surface area contributed by atoms with Crippen LogP contribution in [0.1, 0.15) is 49.6 Å². The smallest absolute Gasteiger partial charge is 0.198 e. The number of rotatable bonds is 5. The average Bonchev–Trinajstić information content (AvgIpc) is 3.25. The summed E-state index contributed by atoms with van der Waals surface area (Å²) in [5.41, 5.74) is 3.66. The predicted molar refractivity (Wildman–Crippen MR) is 97.5 cm³/mol. The van der Waals surface area contributed by atoms with Crippen molar-refractivity contribution < 1.29 is 4.52 Å². The highest BCUT2D eigenvalue weighted by Gasteiger charge is 2.22. The van der Waals surface area contributed by atoms with Gasteiger partial charge in [0.1, 0.15) is 0 Å². The summed E-state index contributed by atoms with van der Waals surface area (Å²) in [6.07, 6.45) is 3.22. The molecule has 1 aliphatic rings.